The molecule has 0 spiro atoms. The third-order valence-corrected chi connectivity index (χ3v) is 7.47. The quantitative estimate of drug-likeness (QED) is 0.403. The molecule has 0 heterocycles. The van der Waals surface area contributed by atoms with Crippen LogP contribution in [0.3, 0.4) is 0 Å². The average molecular weight is 453 g/mol. The Morgan fingerprint density at radius 2 is 1.62 bits per heavy atom. The molecule has 7 heteroatoms. The lowest BCUT2D eigenvalue weighted by atomic mass is 10.1. The summed E-state index contributed by atoms with van der Waals surface area (Å²) >= 11 is 11.9. The van der Waals surface area contributed by atoms with E-state index in [1.807, 2.05) is 6.92 Å². The van der Waals surface area contributed by atoms with Gasteiger partial charge in [0.05, 0.1) is 15.2 Å². The van der Waals surface area contributed by atoms with E-state index in [1.165, 1.54) is 24.3 Å². The smallest absolute Gasteiger partial charge is 0.185 e. The molecule has 0 aromatic heterocycles. The molecule has 0 aliphatic rings. The molecule has 0 radical (unpaired) electrons. The van der Waals surface area contributed by atoms with Crippen molar-refractivity contribution in [1.29, 1.82) is 0 Å². The van der Waals surface area contributed by atoms with Gasteiger partial charge in [0.2, 0.25) is 0 Å². The van der Waals surface area contributed by atoms with Crippen LogP contribution in [-0.2, 0) is 16.4 Å². The predicted octanol–water partition coefficient (Wildman–Crippen LogP) is 6.64. The molecular weight excluding hydrogens is 434 g/mol. The van der Waals surface area contributed by atoms with Gasteiger partial charge in [0.15, 0.2) is 9.84 Å². The van der Waals surface area contributed by atoms with E-state index >= 15 is 0 Å². The first-order valence-corrected chi connectivity index (χ1v) is 11.3. The first-order chi connectivity index (χ1) is 13.8. The summed E-state index contributed by atoms with van der Waals surface area (Å²) in [5.74, 6) is 0.0565. The molecule has 0 saturated heterocycles. The molecule has 152 valence electrons. The molecule has 3 rings (SSSR count). The van der Waals surface area contributed by atoms with Gasteiger partial charge in [-0.15, -0.1) is 0 Å². The van der Waals surface area contributed by atoms with Crippen molar-refractivity contribution >= 4 is 33.0 Å². The Kier molecular flexibility index (Phi) is 6.83. The zero-order valence-corrected chi connectivity index (χ0v) is 17.9. The molecule has 1 unspecified atom stereocenters. The lowest BCUT2D eigenvalue weighted by molar-refractivity contribution is 0.300. The summed E-state index contributed by atoms with van der Waals surface area (Å²) in [4.78, 5) is 0.225. The first-order valence-electron chi connectivity index (χ1n) is 8.98. The largest absolute Gasteiger partial charge is 0.489 e. The van der Waals surface area contributed by atoms with Gasteiger partial charge in [-0.1, -0.05) is 48.3 Å². The van der Waals surface area contributed by atoms with Crippen molar-refractivity contribution < 1.29 is 17.5 Å². The predicted molar refractivity (Wildman–Crippen MR) is 114 cm³/mol. The number of sulfone groups is 1. The topological polar surface area (TPSA) is 43.4 Å². The summed E-state index contributed by atoms with van der Waals surface area (Å²) in [6.45, 7) is 1.80. The highest BCUT2D eigenvalue weighted by Gasteiger charge is 2.27. The Bertz CT molecular complexity index is 1060. The maximum atomic E-state index is 13.8. The van der Waals surface area contributed by atoms with Crippen LogP contribution in [0.15, 0.2) is 71.6 Å². The van der Waals surface area contributed by atoms with E-state index in [1.54, 1.807) is 42.5 Å². The molecule has 1 atom stereocenters. The maximum Gasteiger partial charge on any atom is 0.185 e. The highest BCUT2D eigenvalue weighted by molar-refractivity contribution is 7.91. The third-order valence-electron chi connectivity index (χ3n) is 4.58. The first kappa shape index (κ1) is 21.6. The Balaban J connectivity index is 1.78. The monoisotopic (exact) mass is 452 g/mol. The summed E-state index contributed by atoms with van der Waals surface area (Å²) in [5.41, 5.74) is 0.925. The number of benzene rings is 3. The number of ether oxygens (including phenoxy) is 1. The number of hydrogen-bond acceptors (Lipinski definition) is 3. The lowest BCUT2D eigenvalue weighted by Crippen LogP contribution is -2.13. The molecule has 0 bridgehead atoms. The van der Waals surface area contributed by atoms with Crippen LogP contribution in [0.2, 0.25) is 10.0 Å². The van der Waals surface area contributed by atoms with Crippen LogP contribution in [-0.4, -0.2) is 8.42 Å². The lowest BCUT2D eigenvalue weighted by Gasteiger charge is -2.17. The molecule has 3 aromatic rings. The van der Waals surface area contributed by atoms with Gasteiger partial charge >= 0.3 is 0 Å². The van der Waals surface area contributed by atoms with E-state index in [9.17, 15) is 12.8 Å². The van der Waals surface area contributed by atoms with Crippen molar-refractivity contribution in [3.63, 3.8) is 0 Å². The van der Waals surface area contributed by atoms with Crippen molar-refractivity contribution in [2.75, 3.05) is 0 Å². The van der Waals surface area contributed by atoms with E-state index in [2.05, 4.69) is 0 Å². The molecule has 0 aliphatic heterocycles. The minimum Gasteiger partial charge on any atom is -0.489 e. The fourth-order valence-corrected chi connectivity index (χ4v) is 5.17. The number of rotatable bonds is 7. The van der Waals surface area contributed by atoms with Gasteiger partial charge in [0, 0.05) is 10.6 Å². The number of halogens is 3. The zero-order chi connectivity index (χ0) is 21.0. The number of hydrogen-bond donors (Lipinski definition) is 0. The summed E-state index contributed by atoms with van der Waals surface area (Å²) in [5, 5.41) is 0.0777. The van der Waals surface area contributed by atoms with Gasteiger partial charge in [-0.25, -0.2) is 12.8 Å². The molecule has 0 aliphatic carbocycles. The van der Waals surface area contributed by atoms with Gasteiger partial charge < -0.3 is 4.74 Å². The van der Waals surface area contributed by atoms with Gasteiger partial charge in [-0.2, -0.15) is 0 Å². The minimum absolute atomic E-state index is 0.0227. The van der Waals surface area contributed by atoms with Crippen LogP contribution >= 0.6 is 23.2 Å². The minimum atomic E-state index is -3.57. The van der Waals surface area contributed by atoms with Gasteiger partial charge in [0.25, 0.3) is 0 Å². The summed E-state index contributed by atoms with van der Waals surface area (Å²) in [6, 6.07) is 17.3. The van der Waals surface area contributed by atoms with Crippen molar-refractivity contribution in [3.8, 4) is 5.75 Å². The van der Waals surface area contributed by atoms with Crippen molar-refractivity contribution in [1.82, 2.24) is 0 Å². The fraction of sp³-hybridized carbons (Fsp3) is 0.182. The Labute approximate surface area is 180 Å². The van der Waals surface area contributed by atoms with Crippen LogP contribution in [0.5, 0.6) is 5.75 Å². The zero-order valence-electron chi connectivity index (χ0n) is 15.6. The molecule has 0 amide bonds. The van der Waals surface area contributed by atoms with Crippen LogP contribution in [0.1, 0.15) is 29.7 Å². The molecule has 0 fully saturated rings. The second-order valence-electron chi connectivity index (χ2n) is 6.45. The molecule has 3 nitrogen and oxygen atoms in total. The van der Waals surface area contributed by atoms with Gasteiger partial charge in [0.1, 0.15) is 18.2 Å². The maximum absolute atomic E-state index is 13.8. The van der Waals surface area contributed by atoms with Crippen LogP contribution in [0, 0.1) is 5.82 Å². The highest BCUT2D eigenvalue weighted by Crippen LogP contribution is 2.33. The average Bonchev–Trinajstić information content (AvgIpc) is 2.69. The molecule has 29 heavy (non-hydrogen) atoms. The van der Waals surface area contributed by atoms with E-state index in [-0.39, 0.29) is 17.1 Å². The summed E-state index contributed by atoms with van der Waals surface area (Å²) in [7, 11) is -3.57. The third kappa shape index (κ3) is 4.92. The second-order valence-corrected chi connectivity index (χ2v) is 9.43. The SMILES string of the molecule is CCC(c1ccc(OCc2c(F)cccc2Cl)cc1)S(=O)(=O)c1ccc(Cl)cc1. The van der Waals surface area contributed by atoms with Crippen LogP contribution < -0.4 is 4.74 Å². The van der Waals surface area contributed by atoms with E-state index in [4.69, 9.17) is 27.9 Å². The second kappa shape index (κ2) is 9.16. The fourth-order valence-electron chi connectivity index (χ4n) is 3.03. The Hall–Kier alpha value is -2.08. The molecular formula is C22H19Cl2FO3S. The van der Waals surface area contributed by atoms with Gasteiger partial charge in [-0.3, -0.25) is 0 Å². The van der Waals surface area contributed by atoms with Crippen LogP contribution in [0.4, 0.5) is 4.39 Å². The molecule has 3 aromatic carbocycles. The Morgan fingerprint density at radius 1 is 0.966 bits per heavy atom. The Morgan fingerprint density at radius 3 is 2.21 bits per heavy atom. The van der Waals surface area contributed by atoms with E-state index in [0.29, 0.717) is 27.8 Å². The summed E-state index contributed by atoms with van der Waals surface area (Å²) in [6.07, 6.45) is 0.413. The van der Waals surface area contributed by atoms with Gasteiger partial charge in [-0.05, 0) is 60.5 Å². The van der Waals surface area contributed by atoms with Crippen molar-refractivity contribution in [2.24, 2.45) is 0 Å². The van der Waals surface area contributed by atoms with E-state index < -0.39 is 20.9 Å². The van der Waals surface area contributed by atoms with E-state index in [0.717, 1.165) is 0 Å². The van der Waals surface area contributed by atoms with Crippen LogP contribution in [0.25, 0.3) is 0 Å². The summed E-state index contributed by atoms with van der Waals surface area (Å²) < 4.78 is 45.5. The standard InChI is InChI=1S/C22H19Cl2FO3S/c1-2-22(29(26,27)18-12-8-16(23)9-13-18)15-6-10-17(11-7-15)28-14-19-20(24)4-3-5-21(19)25/h3-13,22H,2,14H2,1H3. The van der Waals surface area contributed by atoms with Crippen molar-refractivity contribution in [3.05, 3.63) is 93.7 Å². The molecule has 0 N–H and O–H groups in total. The highest BCUT2D eigenvalue weighted by atomic mass is 35.5. The normalized spacial score (nSPS) is 12.6. The van der Waals surface area contributed by atoms with Crippen molar-refractivity contribution in [2.45, 2.75) is 30.1 Å². The molecule has 0 saturated carbocycles.